The van der Waals surface area contributed by atoms with Gasteiger partial charge in [0.25, 0.3) is 0 Å². The molecule has 1 N–H and O–H groups in total. The van der Waals surface area contributed by atoms with Crippen molar-refractivity contribution in [2.24, 2.45) is 0 Å². The molecule has 0 saturated heterocycles. The van der Waals surface area contributed by atoms with Crippen LogP contribution in [0.1, 0.15) is 39.5 Å². The van der Waals surface area contributed by atoms with Crippen LogP contribution in [0.4, 0.5) is 0 Å². The van der Waals surface area contributed by atoms with Crippen molar-refractivity contribution in [1.82, 2.24) is 4.98 Å². The fourth-order valence-electron chi connectivity index (χ4n) is 0.960. The predicted molar refractivity (Wildman–Crippen MR) is 55.6 cm³/mol. The predicted octanol–water partition coefficient (Wildman–Crippen LogP) is 3.17. The third-order valence-electron chi connectivity index (χ3n) is 1.55. The van der Waals surface area contributed by atoms with Gasteiger partial charge >= 0.3 is 0 Å². The van der Waals surface area contributed by atoms with Gasteiger partial charge in [-0.2, -0.15) is 0 Å². The number of nitrogens with one attached hydrogen (secondary N) is 1. The van der Waals surface area contributed by atoms with E-state index in [0.29, 0.717) is 5.78 Å². The first-order valence-electron chi connectivity index (χ1n) is 4.90. The van der Waals surface area contributed by atoms with Crippen molar-refractivity contribution in [2.75, 3.05) is 0 Å². The van der Waals surface area contributed by atoms with Gasteiger partial charge in [-0.05, 0) is 25.0 Å². The SMILES string of the molecule is CCCC(=O)CCC.c1cc[nH]c1. The van der Waals surface area contributed by atoms with E-state index in [1.54, 1.807) is 0 Å². The van der Waals surface area contributed by atoms with Crippen LogP contribution in [0.25, 0.3) is 0 Å². The topological polar surface area (TPSA) is 32.9 Å². The van der Waals surface area contributed by atoms with Crippen molar-refractivity contribution >= 4 is 5.78 Å². The molecular formula is C11H19NO. The first-order valence-corrected chi connectivity index (χ1v) is 4.90. The Morgan fingerprint density at radius 2 is 1.54 bits per heavy atom. The van der Waals surface area contributed by atoms with Gasteiger partial charge < -0.3 is 4.98 Å². The van der Waals surface area contributed by atoms with Crippen molar-refractivity contribution in [3.63, 3.8) is 0 Å². The smallest absolute Gasteiger partial charge is 0.132 e. The maximum Gasteiger partial charge on any atom is 0.132 e. The molecule has 0 aliphatic carbocycles. The molecule has 0 fully saturated rings. The number of aromatic nitrogens is 1. The Morgan fingerprint density at radius 1 is 1.08 bits per heavy atom. The number of rotatable bonds is 4. The monoisotopic (exact) mass is 181 g/mol. The molecule has 0 spiro atoms. The maximum atomic E-state index is 10.6. The Hall–Kier alpha value is -1.05. The first-order chi connectivity index (χ1) is 6.31. The molecule has 2 nitrogen and oxygen atoms in total. The van der Waals surface area contributed by atoms with Crippen LogP contribution in [0.3, 0.4) is 0 Å². The van der Waals surface area contributed by atoms with E-state index < -0.39 is 0 Å². The molecule has 1 aromatic heterocycles. The van der Waals surface area contributed by atoms with E-state index in [4.69, 9.17) is 0 Å². The average molecular weight is 181 g/mol. The van der Waals surface area contributed by atoms with Gasteiger partial charge in [0, 0.05) is 25.2 Å². The number of Topliss-reactive ketones (excluding diaryl/α,β-unsaturated/α-hetero) is 1. The Kier molecular flexibility index (Phi) is 8.31. The zero-order chi connectivity index (χ0) is 9.94. The fraction of sp³-hybridized carbons (Fsp3) is 0.545. The molecule has 2 heteroatoms. The summed E-state index contributed by atoms with van der Waals surface area (Å²) in [7, 11) is 0. The van der Waals surface area contributed by atoms with Gasteiger partial charge in [0.2, 0.25) is 0 Å². The lowest BCUT2D eigenvalue weighted by Crippen LogP contribution is -1.93. The zero-order valence-electron chi connectivity index (χ0n) is 8.55. The van der Waals surface area contributed by atoms with Crippen LogP contribution in [-0.2, 0) is 4.79 Å². The Labute approximate surface area is 80.4 Å². The third kappa shape index (κ3) is 8.86. The van der Waals surface area contributed by atoms with E-state index in [9.17, 15) is 4.79 Å². The van der Waals surface area contributed by atoms with Crippen molar-refractivity contribution in [3.05, 3.63) is 24.5 Å². The van der Waals surface area contributed by atoms with Crippen LogP contribution in [0.5, 0.6) is 0 Å². The molecule has 0 unspecified atom stereocenters. The van der Waals surface area contributed by atoms with Gasteiger partial charge in [0.05, 0.1) is 0 Å². The van der Waals surface area contributed by atoms with Crippen LogP contribution < -0.4 is 0 Å². The lowest BCUT2D eigenvalue weighted by Gasteiger charge is -1.91. The van der Waals surface area contributed by atoms with E-state index in [1.165, 1.54) is 0 Å². The lowest BCUT2D eigenvalue weighted by atomic mass is 10.1. The molecule has 1 rings (SSSR count). The number of ketones is 1. The molecule has 0 bridgehead atoms. The number of carbonyl (C=O) groups excluding carboxylic acids is 1. The Morgan fingerprint density at radius 3 is 1.77 bits per heavy atom. The van der Waals surface area contributed by atoms with Gasteiger partial charge in [-0.15, -0.1) is 0 Å². The highest BCUT2D eigenvalue weighted by Gasteiger charge is 1.94. The second-order valence-electron chi connectivity index (χ2n) is 2.92. The summed E-state index contributed by atoms with van der Waals surface area (Å²) in [6.07, 6.45) is 7.29. The molecule has 0 saturated carbocycles. The zero-order valence-corrected chi connectivity index (χ0v) is 8.55. The second kappa shape index (κ2) is 9.04. The quantitative estimate of drug-likeness (QED) is 0.760. The molecule has 74 valence electrons. The highest BCUT2D eigenvalue weighted by Crippen LogP contribution is 1.95. The minimum absolute atomic E-state index is 0.412. The van der Waals surface area contributed by atoms with Crippen LogP contribution in [0.15, 0.2) is 24.5 Å². The van der Waals surface area contributed by atoms with E-state index in [0.717, 1.165) is 25.7 Å². The van der Waals surface area contributed by atoms with Gasteiger partial charge in [0.1, 0.15) is 5.78 Å². The molecule has 1 aromatic rings. The van der Waals surface area contributed by atoms with E-state index >= 15 is 0 Å². The summed E-state index contributed by atoms with van der Waals surface area (Å²) in [4.78, 5) is 13.5. The van der Waals surface area contributed by atoms with Crippen molar-refractivity contribution < 1.29 is 4.79 Å². The number of hydrogen-bond acceptors (Lipinski definition) is 1. The van der Waals surface area contributed by atoms with Crippen molar-refractivity contribution in [2.45, 2.75) is 39.5 Å². The summed E-state index contributed by atoms with van der Waals surface area (Å²) >= 11 is 0. The molecule has 0 aliphatic heterocycles. The summed E-state index contributed by atoms with van der Waals surface area (Å²) in [6.45, 7) is 4.07. The molecule has 13 heavy (non-hydrogen) atoms. The van der Waals surface area contributed by atoms with Gasteiger partial charge in [-0.3, -0.25) is 4.79 Å². The van der Waals surface area contributed by atoms with Crippen molar-refractivity contribution in [1.29, 1.82) is 0 Å². The summed E-state index contributed by atoms with van der Waals surface area (Å²) in [5.74, 6) is 0.412. The molecule has 0 atom stereocenters. The Balaban J connectivity index is 0.000000243. The molecule has 0 radical (unpaired) electrons. The van der Waals surface area contributed by atoms with E-state index in [2.05, 4.69) is 4.98 Å². The van der Waals surface area contributed by atoms with E-state index in [-0.39, 0.29) is 0 Å². The summed E-state index contributed by atoms with van der Waals surface area (Å²) in [5.41, 5.74) is 0. The standard InChI is InChI=1S/C7H14O.C4H5N/c1-3-5-7(8)6-4-2;1-2-4-5-3-1/h3-6H2,1-2H3;1-5H. The van der Waals surface area contributed by atoms with E-state index in [1.807, 2.05) is 38.4 Å². The fourth-order valence-corrected chi connectivity index (χ4v) is 0.960. The third-order valence-corrected chi connectivity index (χ3v) is 1.55. The molecule has 1 heterocycles. The van der Waals surface area contributed by atoms with Crippen LogP contribution >= 0.6 is 0 Å². The molecular weight excluding hydrogens is 162 g/mol. The summed E-state index contributed by atoms with van der Waals surface area (Å²) in [5, 5.41) is 0. The maximum absolute atomic E-state index is 10.6. The number of carbonyl (C=O) groups is 1. The highest BCUT2D eigenvalue weighted by atomic mass is 16.1. The summed E-state index contributed by atoms with van der Waals surface area (Å²) in [6, 6.07) is 3.89. The van der Waals surface area contributed by atoms with Gasteiger partial charge in [-0.1, -0.05) is 13.8 Å². The molecule has 0 amide bonds. The first kappa shape index (κ1) is 11.9. The summed E-state index contributed by atoms with van der Waals surface area (Å²) < 4.78 is 0. The number of aromatic amines is 1. The van der Waals surface area contributed by atoms with Crippen LogP contribution in [-0.4, -0.2) is 10.8 Å². The number of hydrogen-bond donors (Lipinski definition) is 1. The number of H-pyrrole nitrogens is 1. The second-order valence-corrected chi connectivity index (χ2v) is 2.92. The minimum atomic E-state index is 0.412. The Bertz CT molecular complexity index is 167. The average Bonchev–Trinajstić information content (AvgIpc) is 2.61. The highest BCUT2D eigenvalue weighted by molar-refractivity contribution is 5.78. The van der Waals surface area contributed by atoms with Gasteiger partial charge in [0.15, 0.2) is 0 Å². The van der Waals surface area contributed by atoms with Crippen LogP contribution in [0, 0.1) is 0 Å². The van der Waals surface area contributed by atoms with Crippen LogP contribution in [0.2, 0.25) is 0 Å². The van der Waals surface area contributed by atoms with Gasteiger partial charge in [-0.25, -0.2) is 0 Å². The van der Waals surface area contributed by atoms with Crippen molar-refractivity contribution in [3.8, 4) is 0 Å². The largest absolute Gasteiger partial charge is 0.368 e. The lowest BCUT2D eigenvalue weighted by molar-refractivity contribution is -0.119. The minimum Gasteiger partial charge on any atom is -0.368 e. The molecule has 0 aromatic carbocycles. The molecule has 0 aliphatic rings. The normalized spacial score (nSPS) is 8.77.